The lowest BCUT2D eigenvalue weighted by Crippen LogP contribution is -2.55. The number of halogens is 1. The predicted octanol–water partition coefficient (Wildman–Crippen LogP) is 4.67. The lowest BCUT2D eigenvalue weighted by molar-refractivity contribution is -0.385. The molecule has 17 nitrogen and oxygen atoms in total. The zero-order chi connectivity index (χ0) is 31.6. The number of carbonyl (C=O) groups excluding carboxylic acids is 3. The summed E-state index contributed by atoms with van der Waals surface area (Å²) in [5.41, 5.74) is -0.619. The Kier molecular flexibility index (Phi) is 9.00. The molecule has 0 spiro atoms. The largest absolute Gasteiger partial charge is 0.493 e. The summed E-state index contributed by atoms with van der Waals surface area (Å²) in [6, 6.07) is 7.45. The standard InChI is InChI=1S/C25H22BrN5O12/c1-11(32)41-20-10-40-25(23(43-13(3)34)22(20)42-12(2)33)29-18-9-19(31(38)39)17(26)8-16(18)21(24(29)35)28-27-14-4-6-15(7-5-14)30(36)37/h4-9,20,22-23,25,35H,10H2,1-3H3/t20-,22-,23+,25+/m1/s1. The van der Waals surface area contributed by atoms with Crippen molar-refractivity contribution in [3.8, 4) is 5.88 Å². The normalized spacial score (nSPS) is 20.1. The van der Waals surface area contributed by atoms with Gasteiger partial charge in [-0.1, -0.05) is 0 Å². The topological polar surface area (TPSA) is 224 Å². The summed E-state index contributed by atoms with van der Waals surface area (Å²) in [6.07, 6.45) is -5.62. The minimum Gasteiger partial charge on any atom is -0.493 e. The number of ether oxygens (including phenoxy) is 4. The van der Waals surface area contributed by atoms with Gasteiger partial charge in [0.05, 0.1) is 32.1 Å². The van der Waals surface area contributed by atoms with Crippen LogP contribution in [-0.4, -0.2) is 62.3 Å². The first-order chi connectivity index (χ1) is 20.3. The molecule has 1 fully saturated rings. The highest BCUT2D eigenvalue weighted by Crippen LogP contribution is 2.47. The van der Waals surface area contributed by atoms with Crippen molar-refractivity contribution in [2.45, 2.75) is 45.3 Å². The van der Waals surface area contributed by atoms with Crippen LogP contribution in [0.25, 0.3) is 10.9 Å². The number of rotatable bonds is 8. The smallest absolute Gasteiger partial charge is 0.303 e. The number of hydrogen-bond donors (Lipinski definition) is 1. The zero-order valence-corrected chi connectivity index (χ0v) is 24.1. The van der Waals surface area contributed by atoms with Crippen LogP contribution in [0, 0.1) is 20.2 Å². The van der Waals surface area contributed by atoms with Crippen LogP contribution in [0.15, 0.2) is 51.1 Å². The average Bonchev–Trinajstić information content (AvgIpc) is 3.18. The molecule has 43 heavy (non-hydrogen) atoms. The Morgan fingerprint density at radius 2 is 1.56 bits per heavy atom. The van der Waals surface area contributed by atoms with Crippen molar-refractivity contribution in [1.82, 2.24) is 4.57 Å². The third kappa shape index (κ3) is 6.59. The highest BCUT2D eigenvalue weighted by molar-refractivity contribution is 9.10. The number of nitro groups is 2. The van der Waals surface area contributed by atoms with E-state index in [1.807, 2.05) is 0 Å². The summed E-state index contributed by atoms with van der Waals surface area (Å²) >= 11 is 3.14. The zero-order valence-electron chi connectivity index (χ0n) is 22.5. The van der Waals surface area contributed by atoms with Gasteiger partial charge in [0.1, 0.15) is 0 Å². The van der Waals surface area contributed by atoms with Crippen molar-refractivity contribution in [2.75, 3.05) is 6.61 Å². The van der Waals surface area contributed by atoms with E-state index in [9.17, 15) is 39.7 Å². The van der Waals surface area contributed by atoms with Crippen molar-refractivity contribution >= 4 is 67.5 Å². The molecule has 1 aliphatic heterocycles. The van der Waals surface area contributed by atoms with Crippen LogP contribution in [0.5, 0.6) is 5.88 Å². The number of aromatic hydroxyl groups is 1. The number of esters is 3. The number of non-ortho nitro benzene ring substituents is 1. The Morgan fingerprint density at radius 3 is 2.12 bits per heavy atom. The van der Waals surface area contributed by atoms with Crippen molar-refractivity contribution in [2.24, 2.45) is 10.2 Å². The van der Waals surface area contributed by atoms with Gasteiger partial charge < -0.3 is 24.1 Å². The first kappa shape index (κ1) is 31.0. The maximum absolute atomic E-state index is 12.1. The van der Waals surface area contributed by atoms with Gasteiger partial charge in [0.15, 0.2) is 30.2 Å². The summed E-state index contributed by atoms with van der Waals surface area (Å²) < 4.78 is 23.0. The van der Waals surface area contributed by atoms with Crippen LogP contribution in [0.1, 0.15) is 27.0 Å². The molecule has 1 N–H and O–H groups in total. The minimum absolute atomic E-state index is 0.0142. The third-order valence-corrected chi connectivity index (χ3v) is 6.76. The van der Waals surface area contributed by atoms with Gasteiger partial charge in [-0.05, 0) is 34.1 Å². The molecule has 0 radical (unpaired) electrons. The van der Waals surface area contributed by atoms with Crippen LogP contribution in [-0.2, 0) is 33.3 Å². The maximum Gasteiger partial charge on any atom is 0.303 e. The molecule has 2 heterocycles. The Balaban J connectivity index is 1.91. The van der Waals surface area contributed by atoms with Gasteiger partial charge in [0.2, 0.25) is 5.88 Å². The van der Waals surface area contributed by atoms with Crippen molar-refractivity contribution in [3.05, 3.63) is 61.1 Å². The summed E-state index contributed by atoms with van der Waals surface area (Å²) in [5.74, 6) is -3.03. The molecule has 1 saturated heterocycles. The quantitative estimate of drug-likeness (QED) is 0.114. The summed E-state index contributed by atoms with van der Waals surface area (Å²) in [7, 11) is 0. The molecule has 0 saturated carbocycles. The van der Waals surface area contributed by atoms with Crippen molar-refractivity contribution in [1.29, 1.82) is 0 Å². The van der Waals surface area contributed by atoms with Crippen molar-refractivity contribution in [3.63, 3.8) is 0 Å². The molecule has 18 heteroatoms. The number of hydrogen-bond acceptors (Lipinski definition) is 14. The van der Waals surface area contributed by atoms with E-state index in [4.69, 9.17) is 18.9 Å². The van der Waals surface area contributed by atoms with Crippen molar-refractivity contribution < 1.29 is 48.3 Å². The van der Waals surface area contributed by atoms with E-state index in [1.54, 1.807) is 0 Å². The molecule has 0 amide bonds. The maximum atomic E-state index is 12.1. The lowest BCUT2D eigenvalue weighted by atomic mass is 10.0. The Morgan fingerprint density at radius 1 is 0.953 bits per heavy atom. The molecular weight excluding hydrogens is 642 g/mol. The van der Waals surface area contributed by atoms with E-state index >= 15 is 0 Å². The molecule has 3 aromatic rings. The second-order valence-electron chi connectivity index (χ2n) is 9.11. The van der Waals surface area contributed by atoms with Gasteiger partial charge >= 0.3 is 17.9 Å². The Bertz CT molecular complexity index is 1650. The van der Waals surface area contributed by atoms with E-state index < -0.39 is 70.5 Å². The summed E-state index contributed by atoms with van der Waals surface area (Å²) in [5, 5.41) is 42.4. The third-order valence-electron chi connectivity index (χ3n) is 6.12. The number of nitrogens with zero attached hydrogens (tertiary/aromatic N) is 5. The highest BCUT2D eigenvalue weighted by atomic mass is 79.9. The SMILES string of the molecule is CC(=O)O[C@H]1[C@H](OC(C)=O)[C@@H](n2c(O)c(N=Nc3ccc([N+](=O)[O-])cc3)c3cc(Br)c([N+](=O)[O-])cc32)OC[C@H]1OC(C)=O. The van der Waals surface area contributed by atoms with Gasteiger partial charge in [0.25, 0.3) is 11.4 Å². The fourth-order valence-corrected chi connectivity index (χ4v) is 4.97. The van der Waals surface area contributed by atoms with Crippen LogP contribution in [0.2, 0.25) is 0 Å². The number of nitro benzene ring substituents is 2. The Labute approximate surface area is 249 Å². The molecule has 4 rings (SSSR count). The second-order valence-corrected chi connectivity index (χ2v) is 9.97. The van der Waals surface area contributed by atoms with Gasteiger partial charge in [-0.15, -0.1) is 5.11 Å². The van der Waals surface area contributed by atoms with Crippen LogP contribution in [0.3, 0.4) is 0 Å². The molecule has 0 aliphatic carbocycles. The van der Waals surface area contributed by atoms with E-state index in [2.05, 4.69) is 26.2 Å². The van der Waals surface area contributed by atoms with E-state index in [0.717, 1.165) is 31.4 Å². The second kappa shape index (κ2) is 12.5. The van der Waals surface area contributed by atoms with Crippen LogP contribution in [0.4, 0.5) is 22.7 Å². The molecule has 1 aromatic heterocycles. The summed E-state index contributed by atoms with van der Waals surface area (Å²) in [6.45, 7) is 2.87. The fourth-order valence-electron chi connectivity index (χ4n) is 4.48. The first-order valence-electron chi connectivity index (χ1n) is 12.3. The molecule has 1 aliphatic rings. The first-order valence-corrected chi connectivity index (χ1v) is 13.1. The number of aromatic nitrogens is 1. The van der Waals surface area contributed by atoms with E-state index in [-0.39, 0.29) is 32.4 Å². The van der Waals surface area contributed by atoms with E-state index in [0.29, 0.717) is 0 Å². The minimum atomic E-state index is -1.52. The van der Waals surface area contributed by atoms with Gasteiger partial charge in [-0.2, -0.15) is 5.11 Å². The predicted molar refractivity (Wildman–Crippen MR) is 147 cm³/mol. The Hall–Kier alpha value is -4.97. The molecule has 0 unspecified atom stereocenters. The van der Waals surface area contributed by atoms with Crippen LogP contribution < -0.4 is 0 Å². The van der Waals surface area contributed by atoms with Gasteiger partial charge in [-0.25, -0.2) is 0 Å². The van der Waals surface area contributed by atoms with E-state index in [1.165, 1.54) is 30.3 Å². The fraction of sp³-hybridized carbons (Fsp3) is 0.320. The molecule has 4 atom stereocenters. The molecular formula is C25H22BrN5O12. The lowest BCUT2D eigenvalue weighted by Gasteiger charge is -2.41. The molecule has 2 aromatic carbocycles. The molecule has 0 bridgehead atoms. The number of carbonyl (C=O) groups is 3. The highest BCUT2D eigenvalue weighted by Gasteiger charge is 2.49. The van der Waals surface area contributed by atoms with Crippen LogP contribution >= 0.6 is 15.9 Å². The molecule has 226 valence electrons. The number of azo groups is 1. The van der Waals surface area contributed by atoms with Gasteiger partial charge in [-0.3, -0.25) is 39.2 Å². The van der Waals surface area contributed by atoms with Gasteiger partial charge in [0, 0.05) is 44.4 Å². The summed E-state index contributed by atoms with van der Waals surface area (Å²) in [4.78, 5) is 57.3. The number of fused-ring (bicyclic) bond motifs is 1. The number of benzene rings is 2. The average molecular weight is 664 g/mol. The monoisotopic (exact) mass is 663 g/mol.